The number of alkyl halides is 1. The Morgan fingerprint density at radius 3 is 3.08 bits per heavy atom. The fraction of sp³-hybridized carbons (Fsp3) is 0.500. The SMILES string of the molecule is CC(F)CCn1cc(C=O)cn1. The van der Waals surface area contributed by atoms with Gasteiger partial charge in [-0.2, -0.15) is 5.10 Å². The van der Waals surface area contributed by atoms with Gasteiger partial charge in [-0.3, -0.25) is 9.48 Å². The van der Waals surface area contributed by atoms with Crippen molar-refractivity contribution >= 4 is 6.29 Å². The van der Waals surface area contributed by atoms with Gasteiger partial charge in [0.2, 0.25) is 0 Å². The first-order valence-electron chi connectivity index (χ1n) is 3.84. The molecule has 0 aromatic carbocycles. The Hall–Kier alpha value is -1.19. The van der Waals surface area contributed by atoms with Crippen LogP contribution in [0, 0.1) is 0 Å². The normalized spacial score (nSPS) is 12.8. The van der Waals surface area contributed by atoms with Crippen molar-refractivity contribution in [1.82, 2.24) is 9.78 Å². The fourth-order valence-corrected chi connectivity index (χ4v) is 0.873. The predicted molar refractivity (Wildman–Crippen MR) is 42.8 cm³/mol. The van der Waals surface area contributed by atoms with Gasteiger partial charge in [-0.05, 0) is 13.3 Å². The van der Waals surface area contributed by atoms with E-state index >= 15 is 0 Å². The average molecular weight is 170 g/mol. The van der Waals surface area contributed by atoms with Crippen LogP contribution >= 0.6 is 0 Å². The van der Waals surface area contributed by atoms with E-state index in [1.165, 1.54) is 13.1 Å². The number of hydrogen-bond donors (Lipinski definition) is 0. The highest BCUT2D eigenvalue weighted by atomic mass is 19.1. The summed E-state index contributed by atoms with van der Waals surface area (Å²) in [7, 11) is 0. The van der Waals surface area contributed by atoms with E-state index in [1.807, 2.05) is 0 Å². The second-order valence-electron chi connectivity index (χ2n) is 2.72. The first-order chi connectivity index (χ1) is 5.72. The van der Waals surface area contributed by atoms with E-state index in [4.69, 9.17) is 0 Å². The van der Waals surface area contributed by atoms with Crippen molar-refractivity contribution in [3.8, 4) is 0 Å². The topological polar surface area (TPSA) is 34.9 Å². The summed E-state index contributed by atoms with van der Waals surface area (Å²) in [4.78, 5) is 10.2. The second kappa shape index (κ2) is 3.99. The van der Waals surface area contributed by atoms with Crippen LogP contribution in [0.2, 0.25) is 0 Å². The largest absolute Gasteiger partial charge is 0.298 e. The molecule has 3 nitrogen and oxygen atoms in total. The Labute approximate surface area is 70.2 Å². The third-order valence-corrected chi connectivity index (χ3v) is 1.55. The van der Waals surface area contributed by atoms with Crippen molar-refractivity contribution in [2.75, 3.05) is 0 Å². The van der Waals surface area contributed by atoms with Gasteiger partial charge in [0.25, 0.3) is 0 Å². The number of nitrogens with zero attached hydrogens (tertiary/aromatic N) is 2. The van der Waals surface area contributed by atoms with E-state index in [-0.39, 0.29) is 0 Å². The summed E-state index contributed by atoms with van der Waals surface area (Å²) in [5.74, 6) is 0. The minimum Gasteiger partial charge on any atom is -0.298 e. The Kier molecular flexibility index (Phi) is 2.96. The van der Waals surface area contributed by atoms with Gasteiger partial charge >= 0.3 is 0 Å². The molecule has 1 aromatic heterocycles. The highest BCUT2D eigenvalue weighted by Gasteiger charge is 2.00. The molecule has 4 heteroatoms. The molecule has 0 saturated carbocycles. The molecule has 0 amide bonds. The lowest BCUT2D eigenvalue weighted by Crippen LogP contribution is -2.03. The van der Waals surface area contributed by atoms with Gasteiger partial charge in [-0.25, -0.2) is 4.39 Å². The summed E-state index contributed by atoms with van der Waals surface area (Å²) in [5, 5.41) is 3.88. The minimum atomic E-state index is -0.825. The molecule has 0 saturated heterocycles. The first kappa shape index (κ1) is 8.90. The van der Waals surface area contributed by atoms with Crippen molar-refractivity contribution in [2.45, 2.75) is 26.1 Å². The van der Waals surface area contributed by atoms with Gasteiger partial charge in [0.15, 0.2) is 6.29 Å². The molecule has 0 fully saturated rings. The lowest BCUT2D eigenvalue weighted by Gasteiger charge is -2.00. The van der Waals surface area contributed by atoms with Crippen LogP contribution in [0.15, 0.2) is 12.4 Å². The number of aromatic nitrogens is 2. The zero-order valence-electron chi connectivity index (χ0n) is 6.90. The van der Waals surface area contributed by atoms with E-state index < -0.39 is 6.17 Å². The molecule has 1 aromatic rings. The standard InChI is InChI=1S/C8H11FN2O/c1-7(9)2-3-11-5-8(6-12)4-10-11/h4-7H,2-3H2,1H3. The van der Waals surface area contributed by atoms with Gasteiger partial charge in [-0.1, -0.05) is 0 Å². The van der Waals surface area contributed by atoms with Crippen LogP contribution in [-0.4, -0.2) is 22.2 Å². The smallest absolute Gasteiger partial charge is 0.153 e. The lowest BCUT2D eigenvalue weighted by atomic mass is 10.3. The van der Waals surface area contributed by atoms with Gasteiger partial charge < -0.3 is 0 Å². The fourth-order valence-electron chi connectivity index (χ4n) is 0.873. The number of carbonyl (C=O) groups is 1. The molecule has 1 rings (SSSR count). The average Bonchev–Trinajstić information content (AvgIpc) is 2.48. The summed E-state index contributed by atoms with van der Waals surface area (Å²) in [6, 6.07) is 0. The molecule has 0 aliphatic carbocycles. The molecule has 1 heterocycles. The molecule has 66 valence electrons. The number of aryl methyl sites for hydroxylation is 1. The molecular weight excluding hydrogens is 159 g/mol. The predicted octanol–water partition coefficient (Wildman–Crippen LogP) is 1.44. The molecule has 0 bridgehead atoms. The highest BCUT2D eigenvalue weighted by Crippen LogP contribution is 2.00. The Bertz CT molecular complexity index is 257. The molecule has 0 spiro atoms. The third kappa shape index (κ3) is 2.45. The first-order valence-corrected chi connectivity index (χ1v) is 3.84. The van der Waals surface area contributed by atoms with E-state index in [9.17, 15) is 9.18 Å². The zero-order chi connectivity index (χ0) is 8.97. The van der Waals surface area contributed by atoms with Crippen LogP contribution in [0.3, 0.4) is 0 Å². The molecule has 12 heavy (non-hydrogen) atoms. The van der Waals surface area contributed by atoms with Gasteiger partial charge in [0.05, 0.1) is 17.9 Å². The van der Waals surface area contributed by atoms with E-state index in [2.05, 4.69) is 5.10 Å². The monoisotopic (exact) mass is 170 g/mol. The third-order valence-electron chi connectivity index (χ3n) is 1.55. The van der Waals surface area contributed by atoms with Crippen molar-refractivity contribution in [3.05, 3.63) is 18.0 Å². The maximum atomic E-state index is 12.4. The second-order valence-corrected chi connectivity index (χ2v) is 2.72. The van der Waals surface area contributed by atoms with Crippen molar-refractivity contribution < 1.29 is 9.18 Å². The van der Waals surface area contributed by atoms with Crippen LogP contribution < -0.4 is 0 Å². The minimum absolute atomic E-state index is 0.431. The van der Waals surface area contributed by atoms with Gasteiger partial charge in [-0.15, -0.1) is 0 Å². The summed E-state index contributed by atoms with van der Waals surface area (Å²) in [6.07, 6.45) is 3.40. The maximum absolute atomic E-state index is 12.4. The molecule has 0 aliphatic heterocycles. The summed E-state index contributed by atoms with van der Waals surface area (Å²) < 4.78 is 13.9. The van der Waals surface area contributed by atoms with Crippen LogP contribution in [-0.2, 0) is 6.54 Å². The number of hydrogen-bond acceptors (Lipinski definition) is 2. The van der Waals surface area contributed by atoms with Crippen molar-refractivity contribution in [3.63, 3.8) is 0 Å². The number of halogens is 1. The molecule has 0 aliphatic rings. The Balaban J connectivity index is 2.47. The van der Waals surface area contributed by atoms with Crippen molar-refractivity contribution in [1.29, 1.82) is 0 Å². The van der Waals surface area contributed by atoms with Gasteiger partial charge in [0.1, 0.15) is 0 Å². The summed E-state index contributed by atoms with van der Waals surface area (Å²) >= 11 is 0. The highest BCUT2D eigenvalue weighted by molar-refractivity contribution is 5.73. The quantitative estimate of drug-likeness (QED) is 0.641. The van der Waals surface area contributed by atoms with E-state index in [0.29, 0.717) is 18.5 Å². The molecule has 1 unspecified atom stereocenters. The zero-order valence-corrected chi connectivity index (χ0v) is 6.90. The van der Waals surface area contributed by atoms with Gasteiger partial charge in [0, 0.05) is 12.7 Å². The van der Waals surface area contributed by atoms with Crippen LogP contribution in [0.5, 0.6) is 0 Å². The number of rotatable bonds is 4. The molecule has 0 N–H and O–H groups in total. The van der Waals surface area contributed by atoms with Crippen molar-refractivity contribution in [2.24, 2.45) is 0 Å². The van der Waals surface area contributed by atoms with E-state index in [1.54, 1.807) is 10.9 Å². The Morgan fingerprint density at radius 2 is 2.58 bits per heavy atom. The molecular formula is C8H11FN2O. The molecule has 1 atom stereocenters. The molecule has 0 radical (unpaired) electrons. The number of carbonyl (C=O) groups excluding carboxylic acids is 1. The Morgan fingerprint density at radius 1 is 1.83 bits per heavy atom. The van der Waals surface area contributed by atoms with Crippen LogP contribution in [0.4, 0.5) is 4.39 Å². The maximum Gasteiger partial charge on any atom is 0.153 e. The number of aldehydes is 1. The van der Waals surface area contributed by atoms with Crippen LogP contribution in [0.1, 0.15) is 23.7 Å². The van der Waals surface area contributed by atoms with Crippen LogP contribution in [0.25, 0.3) is 0 Å². The lowest BCUT2D eigenvalue weighted by molar-refractivity contribution is 0.112. The summed E-state index contributed by atoms with van der Waals surface area (Å²) in [6.45, 7) is 2.02. The summed E-state index contributed by atoms with van der Waals surface area (Å²) in [5.41, 5.74) is 0.529. The van der Waals surface area contributed by atoms with E-state index in [0.717, 1.165) is 6.29 Å².